The van der Waals surface area contributed by atoms with Gasteiger partial charge in [0.1, 0.15) is 0 Å². The van der Waals surface area contributed by atoms with E-state index in [1.807, 2.05) is 0 Å². The fraction of sp³-hybridized carbons (Fsp3) is 1.00. The van der Waals surface area contributed by atoms with Crippen LogP contribution in [0.2, 0.25) is 0 Å². The minimum atomic E-state index is -1.89. The predicted molar refractivity (Wildman–Crippen MR) is 231 cm³/mol. The van der Waals surface area contributed by atoms with Crippen LogP contribution in [0.4, 0.5) is 0 Å². The SMILES string of the molecule is CC(C)CP(=O)(CC(C)C)CC(C)C.CC(C)CP(=O)(CC(C)C)CC(C)C.CC(C)CP(=O)(CC(C)C)CC(C)C.O=[N+]([O-])[O-].O=[N+]([O-])[O-].O=[N+]([O-])[O-].[Gd+3]. The van der Waals surface area contributed by atoms with Gasteiger partial charge in [0.25, 0.3) is 0 Å². The zero-order chi connectivity index (χ0) is 44.8. The summed E-state index contributed by atoms with van der Waals surface area (Å²) in [5, 5.41) is 44.2. The van der Waals surface area contributed by atoms with Crippen molar-refractivity contribution in [2.24, 2.45) is 53.3 Å². The minimum Gasteiger partial charge on any atom is -0.356 e. The molecule has 0 aliphatic rings. The molecule has 0 unspecified atom stereocenters. The molecule has 0 N–H and O–H groups in total. The van der Waals surface area contributed by atoms with Gasteiger partial charge in [0.05, 0.1) is 36.7 Å². The second kappa shape index (κ2) is 37.9. The average molecular weight is 998 g/mol. The van der Waals surface area contributed by atoms with Crippen LogP contribution in [0, 0.1) is 139 Å². The van der Waals surface area contributed by atoms with Gasteiger partial charge in [0.15, 0.2) is 0 Å². The third-order valence-electron chi connectivity index (χ3n) is 6.28. The minimum absolute atomic E-state index is 0. The molecule has 0 spiro atoms. The van der Waals surface area contributed by atoms with Gasteiger partial charge in [-0.25, -0.2) is 0 Å². The van der Waals surface area contributed by atoms with E-state index in [1.165, 1.54) is 0 Å². The van der Waals surface area contributed by atoms with Gasteiger partial charge < -0.3 is 59.7 Å². The average Bonchev–Trinajstić information content (AvgIpc) is 2.77. The van der Waals surface area contributed by atoms with Crippen molar-refractivity contribution in [2.75, 3.05) is 55.5 Å². The van der Waals surface area contributed by atoms with Crippen LogP contribution in [0.25, 0.3) is 0 Å². The Labute approximate surface area is 367 Å². The zero-order valence-electron chi connectivity index (χ0n) is 37.5. The molecule has 335 valence electrons. The van der Waals surface area contributed by atoms with E-state index >= 15 is 0 Å². The number of hydrogen-bond donors (Lipinski definition) is 0. The van der Waals surface area contributed by atoms with Gasteiger partial charge in [-0.05, 0) is 53.3 Å². The molecule has 0 atom stereocenters. The van der Waals surface area contributed by atoms with Crippen molar-refractivity contribution < 1.29 is 68.9 Å². The van der Waals surface area contributed by atoms with E-state index < -0.39 is 36.7 Å². The van der Waals surface area contributed by atoms with Crippen LogP contribution in [-0.2, 0) is 13.7 Å². The normalized spacial score (nSPS) is 11.4. The molecular formula is C36H81GdN3O12P3. The van der Waals surface area contributed by atoms with Gasteiger partial charge in [0, 0.05) is 55.5 Å². The maximum Gasteiger partial charge on any atom is 3.00 e. The Balaban J connectivity index is -0.000000108. The Hall–Kier alpha value is -0.385. The summed E-state index contributed by atoms with van der Waals surface area (Å²) in [7, 11) is -5.66. The smallest absolute Gasteiger partial charge is 0.356 e. The Morgan fingerprint density at radius 1 is 0.291 bits per heavy atom. The van der Waals surface area contributed by atoms with E-state index in [1.54, 1.807) is 0 Å². The molecule has 15 nitrogen and oxygen atoms in total. The van der Waals surface area contributed by atoms with Crippen LogP contribution in [0.5, 0.6) is 0 Å². The van der Waals surface area contributed by atoms with E-state index in [2.05, 4.69) is 125 Å². The Kier molecular flexibility index (Phi) is 47.7. The summed E-state index contributed by atoms with van der Waals surface area (Å²) in [4.78, 5) is 24.8. The first kappa shape index (κ1) is 69.2. The molecular weight excluding hydrogens is 917 g/mol. The standard InChI is InChI=1S/3C12H27OP.Gd.3NO3/c3*1-10(2)7-14(13,8-11(3)4)9-12(5)6;;3*2-1(3)4/h3*10-12H,7-9H2,1-6H3;;;;/q;;;+3;3*-1. The molecule has 0 aromatic rings. The molecule has 0 fully saturated rings. The van der Waals surface area contributed by atoms with Crippen LogP contribution < -0.4 is 0 Å². The molecule has 55 heavy (non-hydrogen) atoms. The van der Waals surface area contributed by atoms with Gasteiger partial charge in [-0.3, -0.25) is 0 Å². The first-order valence-electron chi connectivity index (χ1n) is 19.1. The number of hydrogen-bond acceptors (Lipinski definition) is 12. The van der Waals surface area contributed by atoms with Crippen LogP contribution in [0.3, 0.4) is 0 Å². The van der Waals surface area contributed by atoms with Crippen molar-refractivity contribution in [3.63, 3.8) is 0 Å². The largest absolute Gasteiger partial charge is 3.00 e. The van der Waals surface area contributed by atoms with Gasteiger partial charge in [0.2, 0.25) is 0 Å². The molecule has 0 saturated carbocycles. The predicted octanol–water partition coefficient (Wildman–Crippen LogP) is 12.2. The van der Waals surface area contributed by atoms with E-state index in [0.717, 1.165) is 55.5 Å². The Morgan fingerprint density at radius 2 is 0.345 bits per heavy atom. The molecule has 0 aromatic heterocycles. The van der Waals surface area contributed by atoms with E-state index in [0.29, 0.717) is 53.3 Å². The molecule has 0 aromatic carbocycles. The molecule has 19 heteroatoms. The van der Waals surface area contributed by atoms with Crippen LogP contribution in [-0.4, -0.2) is 70.7 Å². The summed E-state index contributed by atoms with van der Waals surface area (Å²) in [6.07, 6.45) is 8.41. The maximum atomic E-state index is 12.6. The summed E-state index contributed by atoms with van der Waals surface area (Å²) < 4.78 is 37.9. The molecule has 0 amide bonds. The third kappa shape index (κ3) is 71.8. The van der Waals surface area contributed by atoms with Gasteiger partial charge in [-0.2, -0.15) is 0 Å². The van der Waals surface area contributed by atoms with E-state index in [4.69, 9.17) is 46.0 Å². The summed E-state index contributed by atoms with van der Waals surface area (Å²) in [5.74, 6) is 5.11. The molecule has 0 heterocycles. The summed E-state index contributed by atoms with van der Waals surface area (Å²) in [6, 6.07) is 0. The molecule has 0 rings (SSSR count). The monoisotopic (exact) mass is 998 g/mol. The summed E-state index contributed by atoms with van der Waals surface area (Å²) >= 11 is 0. The fourth-order valence-electron chi connectivity index (χ4n) is 6.66. The zero-order valence-corrected chi connectivity index (χ0v) is 42.4. The van der Waals surface area contributed by atoms with Gasteiger partial charge >= 0.3 is 39.9 Å². The van der Waals surface area contributed by atoms with Gasteiger partial charge in [-0.15, -0.1) is 0 Å². The number of nitrogens with zero attached hydrogens (tertiary/aromatic N) is 3. The van der Waals surface area contributed by atoms with Gasteiger partial charge in [-0.1, -0.05) is 125 Å². The first-order valence-corrected chi connectivity index (χ1v) is 25.9. The van der Waals surface area contributed by atoms with Crippen LogP contribution in [0.15, 0.2) is 0 Å². The summed E-state index contributed by atoms with van der Waals surface area (Å²) in [5.41, 5.74) is 0. The van der Waals surface area contributed by atoms with Crippen molar-refractivity contribution in [1.29, 1.82) is 0 Å². The fourth-order valence-corrected chi connectivity index (χ4v) is 20.0. The van der Waals surface area contributed by atoms with Crippen molar-refractivity contribution in [2.45, 2.75) is 125 Å². The molecule has 0 saturated heterocycles. The second-order valence-electron chi connectivity index (χ2n) is 18.0. The summed E-state index contributed by atoms with van der Waals surface area (Å²) in [6.45, 7) is 39.1. The Bertz CT molecular complexity index is 860. The van der Waals surface area contributed by atoms with Crippen molar-refractivity contribution in [3.8, 4) is 0 Å². The van der Waals surface area contributed by atoms with E-state index in [-0.39, 0.29) is 39.9 Å². The van der Waals surface area contributed by atoms with Crippen LogP contribution in [0.1, 0.15) is 125 Å². The maximum absolute atomic E-state index is 12.6. The number of rotatable bonds is 18. The molecule has 0 aliphatic carbocycles. The van der Waals surface area contributed by atoms with E-state index in [9.17, 15) is 13.7 Å². The van der Waals surface area contributed by atoms with Crippen LogP contribution >= 0.6 is 21.4 Å². The molecule has 1 radical (unpaired) electrons. The van der Waals surface area contributed by atoms with Crippen molar-refractivity contribution >= 4 is 21.4 Å². The topological polar surface area (TPSA) is 250 Å². The third-order valence-corrected chi connectivity index (χ3v) is 18.8. The Morgan fingerprint density at radius 3 is 0.382 bits per heavy atom. The second-order valence-corrected chi connectivity index (χ2v) is 27.7. The van der Waals surface area contributed by atoms with Crippen molar-refractivity contribution in [3.05, 3.63) is 46.0 Å². The quantitative estimate of drug-likeness (QED) is 0.0706. The molecule has 0 bridgehead atoms. The molecule has 0 aliphatic heterocycles. The van der Waals surface area contributed by atoms with Crippen molar-refractivity contribution in [1.82, 2.24) is 0 Å². The first-order chi connectivity index (χ1) is 23.9.